The lowest BCUT2D eigenvalue weighted by Crippen LogP contribution is -2.52. The van der Waals surface area contributed by atoms with Gasteiger partial charge in [-0.2, -0.15) is 0 Å². The van der Waals surface area contributed by atoms with E-state index >= 15 is 8.78 Å². The topological polar surface area (TPSA) is 162 Å². The van der Waals surface area contributed by atoms with Gasteiger partial charge in [-0.05, 0) is 87.6 Å². The molecule has 0 saturated carbocycles. The molecule has 5 aromatic rings. The maximum Gasteiger partial charge on any atom is 0.255 e. The zero-order valence-electron chi connectivity index (χ0n) is 34.3. The van der Waals surface area contributed by atoms with E-state index in [4.69, 9.17) is 0 Å². The molecule has 4 aliphatic heterocycles. The molecule has 0 aliphatic carbocycles. The molecule has 316 valence electrons. The van der Waals surface area contributed by atoms with Crippen molar-refractivity contribution in [2.45, 2.75) is 71.6 Å². The van der Waals surface area contributed by atoms with E-state index in [2.05, 4.69) is 40.4 Å². The number of piperazine rings is 1. The molecule has 2 aromatic carbocycles. The van der Waals surface area contributed by atoms with E-state index in [-0.39, 0.29) is 58.8 Å². The summed E-state index contributed by atoms with van der Waals surface area (Å²) in [5, 5.41) is 5.39. The van der Waals surface area contributed by atoms with Crippen LogP contribution in [0.15, 0.2) is 54.9 Å². The summed E-state index contributed by atoms with van der Waals surface area (Å²) in [4.78, 5) is 76.3. The highest BCUT2D eigenvalue weighted by atomic mass is 19.1. The van der Waals surface area contributed by atoms with Crippen LogP contribution in [0.5, 0.6) is 0 Å². The lowest BCUT2D eigenvalue weighted by Gasteiger charge is -2.39. The number of benzene rings is 2. The third-order valence-electron chi connectivity index (χ3n) is 12.3. The Labute approximate surface area is 351 Å². The van der Waals surface area contributed by atoms with Crippen molar-refractivity contribution in [1.82, 2.24) is 44.5 Å². The van der Waals surface area contributed by atoms with Crippen LogP contribution in [0.2, 0.25) is 0 Å². The number of nitrogens with one attached hydrogen (secondary N) is 2. The molecular formula is C44H47F2N11O4. The van der Waals surface area contributed by atoms with Gasteiger partial charge >= 0.3 is 0 Å². The molecule has 1 unspecified atom stereocenters. The third-order valence-corrected chi connectivity index (χ3v) is 12.3. The fourth-order valence-corrected chi connectivity index (χ4v) is 9.18. The van der Waals surface area contributed by atoms with E-state index in [0.717, 1.165) is 62.0 Å². The molecule has 15 nitrogen and oxygen atoms in total. The zero-order valence-corrected chi connectivity index (χ0v) is 34.3. The summed E-state index contributed by atoms with van der Waals surface area (Å²) in [6.07, 6.45) is 4.86. The molecular weight excluding hydrogens is 785 g/mol. The van der Waals surface area contributed by atoms with E-state index in [0.29, 0.717) is 55.3 Å². The van der Waals surface area contributed by atoms with Crippen LogP contribution in [0.25, 0.3) is 22.3 Å². The molecule has 7 heterocycles. The normalized spacial score (nSPS) is 19.0. The van der Waals surface area contributed by atoms with Crippen molar-refractivity contribution in [3.8, 4) is 11.3 Å². The fraction of sp³-hybridized carbons (Fsp3) is 0.409. The fourth-order valence-electron chi connectivity index (χ4n) is 9.18. The molecule has 3 saturated heterocycles. The second kappa shape index (κ2) is 16.2. The SMILES string of the molecule is Cc1nc2c(F)cc(-c3nc(Nc4ccc(CN5CCN(C(=O)C6CCN(c7ccc8c(c7)CN(C7CCC(=O)NC7=O)C8=O)CC6)CC5)cn4)ncc3F)cc2n1C(C)C. The minimum absolute atomic E-state index is 0.0295. The summed E-state index contributed by atoms with van der Waals surface area (Å²) in [7, 11) is 0. The Balaban J connectivity index is 0.751. The molecule has 9 rings (SSSR count). The standard InChI is InChI=1S/C44H47F2N11O4/c1-25(2)57-26(3)49-40-33(45)19-29(20-36(40)57)39-34(46)22-48-44(52-39)50-37-8-4-27(21-47-37)23-53-14-16-55(17-15-53)42(60)28-10-12-54(13-11-28)31-5-6-32-30(18-31)24-56(43(32)61)35-7-9-38(58)51-41(35)59/h4-6,8,18-22,25,28,35H,7,9-17,23-24H2,1-3H3,(H,51,58,59)(H,47,48,50,52). The van der Waals surface area contributed by atoms with E-state index in [1.54, 1.807) is 17.2 Å². The minimum atomic E-state index is -0.679. The molecule has 17 heteroatoms. The number of anilines is 3. The largest absolute Gasteiger partial charge is 0.371 e. The van der Waals surface area contributed by atoms with E-state index in [1.807, 2.05) is 60.6 Å². The lowest BCUT2D eigenvalue weighted by atomic mass is 9.94. The van der Waals surface area contributed by atoms with Crippen molar-refractivity contribution >= 4 is 52.1 Å². The Morgan fingerprint density at radius 2 is 1.69 bits per heavy atom. The average Bonchev–Trinajstić information content (AvgIpc) is 3.77. The number of piperidine rings is 2. The average molecular weight is 832 g/mol. The van der Waals surface area contributed by atoms with E-state index < -0.39 is 23.6 Å². The van der Waals surface area contributed by atoms with Crippen molar-refractivity contribution in [2.75, 3.05) is 49.5 Å². The number of pyridine rings is 1. The summed E-state index contributed by atoms with van der Waals surface area (Å²) < 4.78 is 32.1. The van der Waals surface area contributed by atoms with Crippen molar-refractivity contribution < 1.29 is 28.0 Å². The first-order valence-corrected chi connectivity index (χ1v) is 20.9. The van der Waals surface area contributed by atoms with Gasteiger partial charge in [0, 0.05) is 93.7 Å². The number of imide groups is 1. The molecule has 4 aliphatic rings. The van der Waals surface area contributed by atoms with Gasteiger partial charge in [0.2, 0.25) is 23.7 Å². The molecule has 2 N–H and O–H groups in total. The van der Waals surface area contributed by atoms with Crippen LogP contribution >= 0.6 is 0 Å². The lowest BCUT2D eigenvalue weighted by molar-refractivity contribution is -0.138. The molecule has 61 heavy (non-hydrogen) atoms. The van der Waals surface area contributed by atoms with E-state index in [1.165, 1.54) is 6.07 Å². The number of imidazole rings is 1. The van der Waals surface area contributed by atoms with Crippen LogP contribution in [-0.2, 0) is 27.5 Å². The zero-order chi connectivity index (χ0) is 42.5. The van der Waals surface area contributed by atoms with Crippen LogP contribution < -0.4 is 15.5 Å². The minimum Gasteiger partial charge on any atom is -0.371 e. The first kappa shape index (κ1) is 40.1. The highest BCUT2D eigenvalue weighted by Gasteiger charge is 2.39. The number of hydrogen-bond donors (Lipinski definition) is 2. The van der Waals surface area contributed by atoms with Crippen molar-refractivity contribution in [2.24, 2.45) is 5.92 Å². The van der Waals surface area contributed by atoms with Gasteiger partial charge in [-0.25, -0.2) is 28.7 Å². The number of carbonyl (C=O) groups excluding carboxylic acids is 4. The van der Waals surface area contributed by atoms with Crippen LogP contribution in [0, 0.1) is 24.5 Å². The second-order valence-electron chi connectivity index (χ2n) is 16.6. The summed E-state index contributed by atoms with van der Waals surface area (Å²) in [5.41, 5.74) is 4.50. The van der Waals surface area contributed by atoms with Crippen LogP contribution in [-0.4, -0.2) is 108 Å². The number of aromatic nitrogens is 5. The number of carbonyl (C=O) groups is 4. The van der Waals surface area contributed by atoms with Crippen molar-refractivity contribution in [3.63, 3.8) is 0 Å². The number of hydrogen-bond acceptors (Lipinski definition) is 11. The van der Waals surface area contributed by atoms with Gasteiger partial charge in [-0.1, -0.05) is 6.07 Å². The monoisotopic (exact) mass is 831 g/mol. The van der Waals surface area contributed by atoms with Crippen LogP contribution in [0.3, 0.4) is 0 Å². The second-order valence-corrected chi connectivity index (χ2v) is 16.6. The van der Waals surface area contributed by atoms with E-state index in [9.17, 15) is 19.2 Å². The number of nitrogens with zero attached hydrogens (tertiary/aromatic N) is 9. The quantitative estimate of drug-likeness (QED) is 0.190. The first-order chi connectivity index (χ1) is 29.4. The number of aryl methyl sites for hydroxylation is 1. The number of fused-ring (bicyclic) bond motifs is 2. The Bertz CT molecular complexity index is 2550. The van der Waals surface area contributed by atoms with Gasteiger partial charge in [0.05, 0.1) is 11.7 Å². The van der Waals surface area contributed by atoms with Crippen LogP contribution in [0.4, 0.5) is 26.2 Å². The number of halogens is 2. The summed E-state index contributed by atoms with van der Waals surface area (Å²) in [6, 6.07) is 11.9. The summed E-state index contributed by atoms with van der Waals surface area (Å²) in [6.45, 7) is 11.0. The maximum atomic E-state index is 15.2. The van der Waals surface area contributed by atoms with Gasteiger partial charge in [-0.15, -0.1) is 0 Å². The van der Waals surface area contributed by atoms with Crippen LogP contribution in [0.1, 0.15) is 72.9 Å². The van der Waals surface area contributed by atoms with Crippen molar-refractivity contribution in [3.05, 3.63) is 89.0 Å². The number of amides is 4. The van der Waals surface area contributed by atoms with Crippen molar-refractivity contribution in [1.29, 1.82) is 0 Å². The molecule has 0 radical (unpaired) electrons. The first-order valence-electron chi connectivity index (χ1n) is 20.9. The molecule has 1 atom stereocenters. The molecule has 3 fully saturated rings. The van der Waals surface area contributed by atoms with Gasteiger partial charge in [-0.3, -0.25) is 29.4 Å². The predicted octanol–water partition coefficient (Wildman–Crippen LogP) is 5.12. The smallest absolute Gasteiger partial charge is 0.255 e. The Morgan fingerprint density at radius 1 is 0.902 bits per heavy atom. The Morgan fingerprint density at radius 3 is 2.41 bits per heavy atom. The third kappa shape index (κ3) is 7.89. The highest BCUT2D eigenvalue weighted by molar-refractivity contribution is 6.05. The van der Waals surface area contributed by atoms with Gasteiger partial charge in [0.15, 0.2) is 11.6 Å². The molecule has 4 amide bonds. The van der Waals surface area contributed by atoms with Gasteiger partial charge in [0.25, 0.3) is 5.91 Å². The highest BCUT2D eigenvalue weighted by Crippen LogP contribution is 2.34. The molecule has 0 spiro atoms. The predicted molar refractivity (Wildman–Crippen MR) is 223 cm³/mol. The molecule has 0 bridgehead atoms. The summed E-state index contributed by atoms with van der Waals surface area (Å²) in [5.74, 6) is -0.727. The number of rotatable bonds is 9. The Hall–Kier alpha value is -6.36. The van der Waals surface area contributed by atoms with Gasteiger partial charge < -0.3 is 24.6 Å². The van der Waals surface area contributed by atoms with Gasteiger partial charge in [0.1, 0.15) is 28.9 Å². The Kier molecular flexibility index (Phi) is 10.7. The summed E-state index contributed by atoms with van der Waals surface area (Å²) >= 11 is 0. The molecule has 3 aromatic heterocycles. The maximum absolute atomic E-state index is 15.2.